The predicted octanol–water partition coefficient (Wildman–Crippen LogP) is 0.821. The Kier molecular flexibility index (Phi) is 1.69. The van der Waals surface area contributed by atoms with Gasteiger partial charge in [0.05, 0.1) is 11.3 Å². The zero-order chi connectivity index (χ0) is 10.3. The molecule has 4 nitrogen and oxygen atoms in total. The largest absolute Gasteiger partial charge is 0.389 e. The molecule has 1 amide bonds. The van der Waals surface area contributed by atoms with Crippen molar-refractivity contribution in [1.29, 1.82) is 0 Å². The minimum absolute atomic E-state index is 0.123. The first-order valence-electron chi connectivity index (χ1n) is 3.96. The van der Waals surface area contributed by atoms with Crippen LogP contribution in [0, 0.1) is 5.82 Å². The lowest BCUT2D eigenvalue weighted by Crippen LogP contribution is -2.26. The Morgan fingerprint density at radius 1 is 1.50 bits per heavy atom. The number of carbonyl (C=O) groups excluding carboxylic acids is 1. The van der Waals surface area contributed by atoms with E-state index in [1.165, 1.54) is 25.2 Å². The smallest absolute Gasteiger partial charge is 0.361 e. The summed E-state index contributed by atoms with van der Waals surface area (Å²) in [5.41, 5.74) is 8.96. The molecule has 0 radical (unpaired) electrons. The molecule has 0 aliphatic carbocycles. The van der Waals surface area contributed by atoms with Gasteiger partial charge in [-0.25, -0.2) is 4.39 Å². The van der Waals surface area contributed by atoms with E-state index in [-0.39, 0.29) is 11.4 Å². The number of likely N-dealkylation sites (N-methyl/N-ethyl adjacent to an activating group) is 1. The van der Waals surface area contributed by atoms with Gasteiger partial charge in [0.1, 0.15) is 5.82 Å². The average Bonchev–Trinajstić information content (AvgIpc) is 2.41. The van der Waals surface area contributed by atoms with Crippen LogP contribution in [-0.4, -0.2) is 23.5 Å². The van der Waals surface area contributed by atoms with E-state index >= 15 is 0 Å². The monoisotopic (exact) mass is 191 g/mol. The number of nitrogens with zero attached hydrogens (tertiary/aromatic N) is 3. The van der Waals surface area contributed by atoms with Gasteiger partial charge in [0.15, 0.2) is 0 Å². The van der Waals surface area contributed by atoms with E-state index < -0.39 is 11.7 Å². The van der Waals surface area contributed by atoms with Crippen LogP contribution in [0.1, 0.15) is 5.56 Å². The third-order valence-corrected chi connectivity index (χ3v) is 2.18. The lowest BCUT2D eigenvalue weighted by atomic mass is 10.1. The Labute approximate surface area is 79.2 Å². The Morgan fingerprint density at radius 3 is 2.86 bits per heavy atom. The van der Waals surface area contributed by atoms with E-state index in [0.717, 1.165) is 4.90 Å². The first-order valence-corrected chi connectivity index (χ1v) is 3.96. The van der Waals surface area contributed by atoms with Crippen molar-refractivity contribution in [3.05, 3.63) is 35.1 Å². The van der Waals surface area contributed by atoms with E-state index in [1.54, 1.807) is 0 Å². The molecule has 2 rings (SSSR count). The number of para-hydroxylation sites is 1. The van der Waals surface area contributed by atoms with Crippen molar-refractivity contribution in [2.75, 3.05) is 11.9 Å². The van der Waals surface area contributed by atoms with E-state index in [2.05, 4.69) is 4.79 Å². The van der Waals surface area contributed by atoms with Crippen LogP contribution in [0.15, 0.2) is 18.2 Å². The van der Waals surface area contributed by atoms with Gasteiger partial charge in [0.2, 0.25) is 0 Å². The molecule has 0 bridgehead atoms. The summed E-state index contributed by atoms with van der Waals surface area (Å²) in [6, 6.07) is 4.25. The molecule has 1 heterocycles. The molecule has 0 unspecified atom stereocenters. The van der Waals surface area contributed by atoms with Gasteiger partial charge in [0.25, 0.3) is 0 Å². The lowest BCUT2D eigenvalue weighted by molar-refractivity contribution is -0.115. The quantitative estimate of drug-likeness (QED) is 0.442. The zero-order valence-electron chi connectivity index (χ0n) is 7.36. The van der Waals surface area contributed by atoms with Crippen LogP contribution in [0.3, 0.4) is 0 Å². The second kappa shape index (κ2) is 2.75. The SMILES string of the molecule is CN1C(=O)C(=[N+]=[N-])c2cccc(F)c21. The van der Waals surface area contributed by atoms with Gasteiger partial charge in [-0.3, -0.25) is 4.79 Å². The normalized spacial score (nSPS) is 14.3. The van der Waals surface area contributed by atoms with E-state index in [0.29, 0.717) is 5.56 Å². The Balaban J connectivity index is 2.80. The summed E-state index contributed by atoms with van der Waals surface area (Å²) in [4.78, 5) is 15.4. The van der Waals surface area contributed by atoms with Gasteiger partial charge in [0, 0.05) is 7.05 Å². The van der Waals surface area contributed by atoms with Gasteiger partial charge in [-0.05, 0) is 12.1 Å². The number of benzene rings is 1. The molecule has 14 heavy (non-hydrogen) atoms. The molecule has 0 saturated heterocycles. The van der Waals surface area contributed by atoms with Crippen LogP contribution in [0.2, 0.25) is 0 Å². The third kappa shape index (κ3) is 0.900. The summed E-state index contributed by atoms with van der Waals surface area (Å²) in [5.74, 6) is -1.01. The number of anilines is 1. The first kappa shape index (κ1) is 8.59. The fourth-order valence-electron chi connectivity index (χ4n) is 1.52. The fourth-order valence-corrected chi connectivity index (χ4v) is 1.52. The summed E-state index contributed by atoms with van der Waals surface area (Å²) in [7, 11) is 1.43. The molecule has 1 aliphatic heterocycles. The maximum Gasteiger partial charge on any atom is 0.389 e. The van der Waals surface area contributed by atoms with Crippen LogP contribution >= 0.6 is 0 Å². The molecule has 0 saturated carbocycles. The predicted molar refractivity (Wildman–Crippen MR) is 47.5 cm³/mol. The van der Waals surface area contributed by atoms with Gasteiger partial charge in [-0.2, -0.15) is 4.79 Å². The number of halogens is 1. The summed E-state index contributed by atoms with van der Waals surface area (Å²) < 4.78 is 13.3. The molecular formula is C9H6FN3O. The standard InChI is InChI=1S/C9H6FN3O/c1-13-8-5(3-2-4-6(8)10)7(12-11)9(13)14/h2-4H,1H3. The van der Waals surface area contributed by atoms with Gasteiger partial charge in [-0.1, -0.05) is 6.07 Å². The van der Waals surface area contributed by atoms with Crippen LogP contribution < -0.4 is 4.90 Å². The van der Waals surface area contributed by atoms with Crippen LogP contribution in [0.5, 0.6) is 0 Å². The van der Waals surface area contributed by atoms with Gasteiger partial charge < -0.3 is 10.4 Å². The molecular weight excluding hydrogens is 185 g/mol. The number of hydrogen-bond acceptors (Lipinski definition) is 1. The van der Waals surface area contributed by atoms with Crippen molar-refractivity contribution < 1.29 is 14.0 Å². The topological polar surface area (TPSA) is 56.7 Å². The van der Waals surface area contributed by atoms with Crippen molar-refractivity contribution in [3.63, 3.8) is 0 Å². The molecule has 0 N–H and O–H groups in total. The number of rotatable bonds is 0. The number of hydrogen-bond donors (Lipinski definition) is 0. The second-order valence-corrected chi connectivity index (χ2v) is 2.95. The van der Waals surface area contributed by atoms with Crippen molar-refractivity contribution in [1.82, 2.24) is 0 Å². The van der Waals surface area contributed by atoms with Crippen LogP contribution in [0.25, 0.3) is 5.53 Å². The Morgan fingerprint density at radius 2 is 2.21 bits per heavy atom. The molecule has 0 fully saturated rings. The van der Waals surface area contributed by atoms with E-state index in [1.807, 2.05) is 0 Å². The maximum atomic E-state index is 13.3. The van der Waals surface area contributed by atoms with Crippen LogP contribution in [-0.2, 0) is 4.79 Å². The highest BCUT2D eigenvalue weighted by atomic mass is 19.1. The molecule has 1 aliphatic rings. The van der Waals surface area contributed by atoms with Crippen molar-refractivity contribution in [2.24, 2.45) is 0 Å². The summed E-state index contributed by atoms with van der Waals surface area (Å²) in [6.07, 6.45) is 0. The molecule has 0 aromatic heterocycles. The average molecular weight is 191 g/mol. The van der Waals surface area contributed by atoms with Crippen molar-refractivity contribution in [3.8, 4) is 0 Å². The summed E-state index contributed by atoms with van der Waals surface area (Å²) in [6.45, 7) is 0. The highest BCUT2D eigenvalue weighted by molar-refractivity contribution is 6.52. The molecule has 1 aromatic rings. The van der Waals surface area contributed by atoms with Crippen LogP contribution in [0.4, 0.5) is 10.1 Å². The highest BCUT2D eigenvalue weighted by Crippen LogP contribution is 2.29. The molecule has 1 aromatic carbocycles. The minimum Gasteiger partial charge on any atom is -0.361 e. The molecule has 5 heteroatoms. The number of fused-ring (bicyclic) bond motifs is 1. The fraction of sp³-hybridized carbons (Fsp3) is 0.111. The second-order valence-electron chi connectivity index (χ2n) is 2.95. The Bertz CT molecular complexity index is 477. The minimum atomic E-state index is -0.507. The van der Waals surface area contributed by atoms with Crippen molar-refractivity contribution >= 4 is 17.3 Å². The number of amides is 1. The molecule has 0 spiro atoms. The molecule has 70 valence electrons. The van der Waals surface area contributed by atoms with E-state index in [4.69, 9.17) is 5.53 Å². The lowest BCUT2D eigenvalue weighted by Gasteiger charge is -2.07. The Hall–Kier alpha value is -2.00. The highest BCUT2D eigenvalue weighted by Gasteiger charge is 2.40. The maximum absolute atomic E-state index is 13.3. The third-order valence-electron chi connectivity index (χ3n) is 2.18. The van der Waals surface area contributed by atoms with Crippen molar-refractivity contribution in [2.45, 2.75) is 0 Å². The number of carbonyl (C=O) groups is 1. The molecule has 0 atom stereocenters. The van der Waals surface area contributed by atoms with Gasteiger partial charge >= 0.3 is 11.6 Å². The van der Waals surface area contributed by atoms with Gasteiger partial charge in [-0.15, -0.1) is 0 Å². The van der Waals surface area contributed by atoms with E-state index in [9.17, 15) is 9.18 Å². The zero-order valence-corrected chi connectivity index (χ0v) is 7.36. The first-order chi connectivity index (χ1) is 6.66. The summed E-state index contributed by atoms with van der Waals surface area (Å²) in [5, 5.41) is 0. The summed E-state index contributed by atoms with van der Waals surface area (Å²) >= 11 is 0.